The molecule has 2 aromatic carbocycles. The van der Waals surface area contributed by atoms with Crippen LogP contribution in [0.2, 0.25) is 0 Å². The molecule has 1 unspecified atom stereocenters. The van der Waals surface area contributed by atoms with E-state index in [0.29, 0.717) is 31.0 Å². The van der Waals surface area contributed by atoms with Crippen LogP contribution < -0.4 is 14.8 Å². The highest BCUT2D eigenvalue weighted by Crippen LogP contribution is 2.26. The molecule has 2 amide bonds. The molecule has 156 valence electrons. The number of amides is 2. The Morgan fingerprint density at radius 2 is 1.66 bits per heavy atom. The van der Waals surface area contributed by atoms with Crippen molar-refractivity contribution in [3.8, 4) is 11.5 Å². The summed E-state index contributed by atoms with van der Waals surface area (Å²) in [6, 6.07) is 16.3. The third-order valence-electron chi connectivity index (χ3n) is 4.55. The van der Waals surface area contributed by atoms with E-state index < -0.39 is 6.04 Å². The molecule has 2 rings (SSSR count). The molecule has 29 heavy (non-hydrogen) atoms. The summed E-state index contributed by atoms with van der Waals surface area (Å²) in [6.07, 6.45) is 1.36. The van der Waals surface area contributed by atoms with Gasteiger partial charge in [0.1, 0.15) is 6.04 Å². The Bertz CT molecular complexity index is 779. The molecular formula is C23H30N2O4. The molecule has 0 aliphatic heterocycles. The lowest BCUT2D eigenvalue weighted by molar-refractivity contribution is -0.143. The summed E-state index contributed by atoms with van der Waals surface area (Å²) in [5.41, 5.74) is 0.958. The van der Waals surface area contributed by atoms with Crippen LogP contribution in [0, 0.1) is 0 Å². The van der Waals surface area contributed by atoms with Crippen LogP contribution in [0.5, 0.6) is 11.5 Å². The number of ether oxygens (including phenoxy) is 2. The number of carbonyl (C=O) groups excluding carboxylic acids is 2. The Balaban J connectivity index is 2.18. The minimum absolute atomic E-state index is 0.143. The summed E-state index contributed by atoms with van der Waals surface area (Å²) in [4.78, 5) is 27.4. The quantitative estimate of drug-likeness (QED) is 0.630. The van der Waals surface area contributed by atoms with Crippen molar-refractivity contribution < 1.29 is 19.1 Å². The minimum atomic E-state index is -0.560. The molecule has 0 fully saturated rings. The topological polar surface area (TPSA) is 67.9 Å². The molecule has 0 radical (unpaired) electrons. The number of nitrogens with zero attached hydrogens (tertiary/aromatic N) is 1. The van der Waals surface area contributed by atoms with Gasteiger partial charge in [-0.15, -0.1) is 0 Å². The third kappa shape index (κ3) is 6.52. The standard InChI is InChI=1S/C23H30N2O4/c1-4-15-24-23(27)19(5-2)25(16-18-11-7-6-8-12-18)22(26)17-29-21-14-10-9-13-20(21)28-3/h6-14,19H,4-5,15-17H2,1-3H3,(H,24,27). The predicted molar refractivity (Wildman–Crippen MR) is 113 cm³/mol. The van der Waals surface area contributed by atoms with Gasteiger partial charge in [-0.05, 0) is 30.5 Å². The average molecular weight is 399 g/mol. The SMILES string of the molecule is CCCNC(=O)C(CC)N(Cc1ccccc1)C(=O)COc1ccccc1OC. The zero-order chi connectivity index (χ0) is 21.1. The maximum absolute atomic E-state index is 13.1. The van der Waals surface area contributed by atoms with Crippen LogP contribution in [0.1, 0.15) is 32.3 Å². The van der Waals surface area contributed by atoms with Crippen molar-refractivity contribution in [2.24, 2.45) is 0 Å². The lowest BCUT2D eigenvalue weighted by Crippen LogP contribution is -2.50. The molecular weight excluding hydrogens is 368 g/mol. The molecule has 0 aliphatic rings. The second kappa shape index (κ2) is 11.7. The van der Waals surface area contributed by atoms with Gasteiger partial charge in [-0.2, -0.15) is 0 Å². The Morgan fingerprint density at radius 1 is 1.00 bits per heavy atom. The molecule has 6 nitrogen and oxygen atoms in total. The van der Waals surface area contributed by atoms with Crippen molar-refractivity contribution in [3.05, 3.63) is 60.2 Å². The molecule has 1 atom stereocenters. The summed E-state index contributed by atoms with van der Waals surface area (Å²) < 4.78 is 11.0. The Hall–Kier alpha value is -3.02. The first kappa shape index (κ1) is 22.3. The normalized spacial score (nSPS) is 11.4. The predicted octanol–water partition coefficient (Wildman–Crippen LogP) is 3.41. The van der Waals surface area contributed by atoms with Crippen molar-refractivity contribution in [2.45, 2.75) is 39.3 Å². The number of para-hydroxylation sites is 2. The van der Waals surface area contributed by atoms with Crippen LogP contribution in [0.4, 0.5) is 0 Å². The van der Waals surface area contributed by atoms with Gasteiger partial charge in [-0.1, -0.05) is 56.3 Å². The fraction of sp³-hybridized carbons (Fsp3) is 0.391. The van der Waals surface area contributed by atoms with Crippen LogP contribution in [0.15, 0.2) is 54.6 Å². The second-order valence-electron chi connectivity index (χ2n) is 6.66. The smallest absolute Gasteiger partial charge is 0.261 e. The number of nitrogens with one attached hydrogen (secondary N) is 1. The van der Waals surface area contributed by atoms with Crippen molar-refractivity contribution in [1.29, 1.82) is 0 Å². The van der Waals surface area contributed by atoms with E-state index in [1.54, 1.807) is 24.1 Å². The highest BCUT2D eigenvalue weighted by molar-refractivity contribution is 5.88. The highest BCUT2D eigenvalue weighted by Gasteiger charge is 2.28. The van der Waals surface area contributed by atoms with E-state index in [4.69, 9.17) is 9.47 Å². The number of methoxy groups -OCH3 is 1. The lowest BCUT2D eigenvalue weighted by Gasteiger charge is -2.30. The van der Waals surface area contributed by atoms with Gasteiger partial charge in [0, 0.05) is 13.1 Å². The molecule has 0 aromatic heterocycles. The first-order valence-electron chi connectivity index (χ1n) is 9.97. The van der Waals surface area contributed by atoms with Crippen LogP contribution in [-0.4, -0.2) is 43.0 Å². The summed E-state index contributed by atoms with van der Waals surface area (Å²) in [7, 11) is 1.55. The number of benzene rings is 2. The Labute approximate surface area is 172 Å². The van der Waals surface area contributed by atoms with Gasteiger partial charge in [0.2, 0.25) is 5.91 Å². The second-order valence-corrected chi connectivity index (χ2v) is 6.66. The molecule has 0 aliphatic carbocycles. The fourth-order valence-corrected chi connectivity index (χ4v) is 3.03. The van der Waals surface area contributed by atoms with Crippen molar-refractivity contribution in [2.75, 3.05) is 20.3 Å². The molecule has 0 saturated heterocycles. The first-order chi connectivity index (χ1) is 14.1. The monoisotopic (exact) mass is 398 g/mol. The van der Waals surface area contributed by atoms with Crippen LogP contribution in [-0.2, 0) is 16.1 Å². The third-order valence-corrected chi connectivity index (χ3v) is 4.55. The first-order valence-corrected chi connectivity index (χ1v) is 9.97. The Kier molecular flexibility index (Phi) is 9.02. The fourth-order valence-electron chi connectivity index (χ4n) is 3.03. The molecule has 0 bridgehead atoms. The highest BCUT2D eigenvalue weighted by atomic mass is 16.5. The number of hydrogen-bond donors (Lipinski definition) is 1. The van der Waals surface area contributed by atoms with Gasteiger partial charge in [-0.3, -0.25) is 9.59 Å². The number of hydrogen-bond acceptors (Lipinski definition) is 4. The molecule has 2 aromatic rings. The van der Waals surface area contributed by atoms with E-state index in [-0.39, 0.29) is 18.4 Å². The minimum Gasteiger partial charge on any atom is -0.493 e. The van der Waals surface area contributed by atoms with Crippen LogP contribution in [0.3, 0.4) is 0 Å². The average Bonchev–Trinajstić information content (AvgIpc) is 2.76. The van der Waals surface area contributed by atoms with Gasteiger partial charge in [0.15, 0.2) is 18.1 Å². The van der Waals surface area contributed by atoms with Gasteiger partial charge >= 0.3 is 0 Å². The largest absolute Gasteiger partial charge is 0.493 e. The summed E-state index contributed by atoms with van der Waals surface area (Å²) >= 11 is 0. The Morgan fingerprint density at radius 3 is 2.28 bits per heavy atom. The summed E-state index contributed by atoms with van der Waals surface area (Å²) in [5, 5.41) is 2.90. The van der Waals surface area contributed by atoms with Gasteiger partial charge in [0.25, 0.3) is 5.91 Å². The zero-order valence-corrected chi connectivity index (χ0v) is 17.4. The van der Waals surface area contributed by atoms with Gasteiger partial charge < -0.3 is 19.7 Å². The van der Waals surface area contributed by atoms with E-state index in [1.165, 1.54) is 0 Å². The van der Waals surface area contributed by atoms with Gasteiger partial charge in [0.05, 0.1) is 7.11 Å². The number of carbonyl (C=O) groups is 2. The maximum atomic E-state index is 13.1. The van der Waals surface area contributed by atoms with Crippen LogP contribution in [0.25, 0.3) is 0 Å². The summed E-state index contributed by atoms with van der Waals surface area (Å²) in [5.74, 6) is 0.656. The van der Waals surface area contributed by atoms with E-state index >= 15 is 0 Å². The maximum Gasteiger partial charge on any atom is 0.261 e. The van der Waals surface area contributed by atoms with E-state index in [9.17, 15) is 9.59 Å². The van der Waals surface area contributed by atoms with Gasteiger partial charge in [-0.25, -0.2) is 0 Å². The number of rotatable bonds is 11. The van der Waals surface area contributed by atoms with E-state index in [0.717, 1.165) is 12.0 Å². The van der Waals surface area contributed by atoms with Crippen molar-refractivity contribution in [1.82, 2.24) is 10.2 Å². The lowest BCUT2D eigenvalue weighted by atomic mass is 10.1. The van der Waals surface area contributed by atoms with Crippen LogP contribution >= 0.6 is 0 Å². The van der Waals surface area contributed by atoms with Crippen molar-refractivity contribution in [3.63, 3.8) is 0 Å². The van der Waals surface area contributed by atoms with Crippen molar-refractivity contribution >= 4 is 11.8 Å². The molecule has 6 heteroatoms. The molecule has 0 spiro atoms. The summed E-state index contributed by atoms with van der Waals surface area (Å²) in [6.45, 7) is 4.65. The molecule has 1 N–H and O–H groups in total. The van der Waals surface area contributed by atoms with E-state index in [1.807, 2.05) is 56.3 Å². The molecule has 0 saturated carbocycles. The zero-order valence-electron chi connectivity index (χ0n) is 17.4. The van der Waals surface area contributed by atoms with E-state index in [2.05, 4.69) is 5.32 Å². The molecule has 0 heterocycles.